The molecule has 2 aromatic carbocycles. The fourth-order valence-electron chi connectivity index (χ4n) is 2.48. The molecule has 0 unspecified atom stereocenters. The topological polar surface area (TPSA) is 41.1 Å². The molecule has 0 bridgehead atoms. The molecule has 2 N–H and O–H groups in total. The predicted octanol–water partition coefficient (Wildman–Crippen LogP) is 4.31. The number of anilines is 2. The molecule has 3 nitrogen and oxygen atoms in total. The molecule has 0 spiro atoms. The van der Waals surface area contributed by atoms with Crippen molar-refractivity contribution in [1.82, 2.24) is 0 Å². The maximum atomic E-state index is 12.0. The number of carbonyl (C=O) groups excluding carboxylic acids is 1. The molecule has 0 atom stereocenters. The number of aryl methyl sites for hydroxylation is 3. The van der Waals surface area contributed by atoms with Crippen LogP contribution in [0.4, 0.5) is 11.4 Å². The summed E-state index contributed by atoms with van der Waals surface area (Å²) in [6.07, 6.45) is 1.43. The Balaban J connectivity index is 1.85. The van der Waals surface area contributed by atoms with Gasteiger partial charge in [-0.05, 0) is 43.5 Å². The molecule has 1 amide bonds. The van der Waals surface area contributed by atoms with Crippen LogP contribution in [0, 0.1) is 13.8 Å². The van der Waals surface area contributed by atoms with E-state index in [0.29, 0.717) is 13.0 Å². The van der Waals surface area contributed by atoms with Crippen molar-refractivity contribution in [1.29, 1.82) is 0 Å². The van der Waals surface area contributed by atoms with Crippen LogP contribution in [0.3, 0.4) is 0 Å². The van der Waals surface area contributed by atoms with Crippen LogP contribution in [0.1, 0.15) is 30.0 Å². The highest BCUT2D eigenvalue weighted by atomic mass is 16.1. The van der Waals surface area contributed by atoms with Gasteiger partial charge in [-0.2, -0.15) is 0 Å². The third-order valence-electron chi connectivity index (χ3n) is 3.72. The number of nitrogens with one attached hydrogen (secondary N) is 2. The van der Waals surface area contributed by atoms with E-state index in [0.717, 1.165) is 23.4 Å². The number of rotatable bonds is 6. The first-order valence-electron chi connectivity index (χ1n) is 7.79. The van der Waals surface area contributed by atoms with Crippen LogP contribution in [0.2, 0.25) is 0 Å². The van der Waals surface area contributed by atoms with Gasteiger partial charge in [-0.3, -0.25) is 4.79 Å². The van der Waals surface area contributed by atoms with Gasteiger partial charge in [-0.25, -0.2) is 0 Å². The smallest absolute Gasteiger partial charge is 0.226 e. The standard InChI is InChI=1S/C19H24N2O/c1-4-16-7-5-6-8-18(16)20-12-11-19(22)21-17-10-9-14(2)13-15(17)3/h5-10,13,20H,4,11-12H2,1-3H3,(H,21,22). The Labute approximate surface area is 132 Å². The average Bonchev–Trinajstić information content (AvgIpc) is 2.50. The summed E-state index contributed by atoms with van der Waals surface area (Å²) in [7, 11) is 0. The second-order valence-electron chi connectivity index (χ2n) is 5.55. The summed E-state index contributed by atoms with van der Waals surface area (Å²) in [6, 6.07) is 14.3. The van der Waals surface area contributed by atoms with Crippen LogP contribution in [0.25, 0.3) is 0 Å². The highest BCUT2D eigenvalue weighted by molar-refractivity contribution is 5.91. The summed E-state index contributed by atoms with van der Waals surface area (Å²) in [4.78, 5) is 12.0. The molecule has 3 heteroatoms. The first-order chi connectivity index (χ1) is 10.6. The molecule has 116 valence electrons. The maximum absolute atomic E-state index is 12.0. The number of carbonyl (C=O) groups is 1. The van der Waals surface area contributed by atoms with Crippen molar-refractivity contribution in [2.45, 2.75) is 33.6 Å². The van der Waals surface area contributed by atoms with Gasteiger partial charge in [0.25, 0.3) is 0 Å². The highest BCUT2D eigenvalue weighted by Crippen LogP contribution is 2.17. The second-order valence-corrected chi connectivity index (χ2v) is 5.55. The average molecular weight is 296 g/mol. The van der Waals surface area contributed by atoms with Gasteiger partial charge in [0, 0.05) is 24.3 Å². The molecule has 0 saturated carbocycles. The van der Waals surface area contributed by atoms with Crippen LogP contribution < -0.4 is 10.6 Å². The van der Waals surface area contributed by atoms with Crippen molar-refractivity contribution in [3.63, 3.8) is 0 Å². The van der Waals surface area contributed by atoms with E-state index in [1.54, 1.807) is 0 Å². The first-order valence-corrected chi connectivity index (χ1v) is 7.79. The quantitative estimate of drug-likeness (QED) is 0.834. The van der Waals surface area contributed by atoms with Crippen LogP contribution >= 0.6 is 0 Å². The molecule has 0 aliphatic heterocycles. The molecule has 0 saturated heterocycles. The molecule has 0 aromatic heterocycles. The number of benzene rings is 2. The lowest BCUT2D eigenvalue weighted by atomic mass is 10.1. The fraction of sp³-hybridized carbons (Fsp3) is 0.316. The normalized spacial score (nSPS) is 10.3. The molecule has 0 heterocycles. The molecule has 2 aromatic rings. The Morgan fingerprint density at radius 2 is 1.82 bits per heavy atom. The van der Waals surface area contributed by atoms with Gasteiger partial charge in [0.05, 0.1) is 0 Å². The van der Waals surface area contributed by atoms with Crippen molar-refractivity contribution in [3.8, 4) is 0 Å². The Morgan fingerprint density at radius 1 is 1.05 bits per heavy atom. The third kappa shape index (κ3) is 4.35. The van der Waals surface area contributed by atoms with Crippen LogP contribution in [0.15, 0.2) is 42.5 Å². The maximum Gasteiger partial charge on any atom is 0.226 e. The van der Waals surface area contributed by atoms with Crippen molar-refractivity contribution in [3.05, 3.63) is 59.2 Å². The van der Waals surface area contributed by atoms with Gasteiger partial charge in [-0.15, -0.1) is 0 Å². The van der Waals surface area contributed by atoms with E-state index in [1.165, 1.54) is 11.1 Å². The molecule has 2 rings (SSSR count). The largest absolute Gasteiger partial charge is 0.384 e. The lowest BCUT2D eigenvalue weighted by Gasteiger charge is -2.12. The molecule has 0 fully saturated rings. The lowest BCUT2D eigenvalue weighted by molar-refractivity contribution is -0.115. The van der Waals surface area contributed by atoms with E-state index in [4.69, 9.17) is 0 Å². The molecule has 0 radical (unpaired) electrons. The molecular formula is C19H24N2O. The zero-order valence-corrected chi connectivity index (χ0v) is 13.6. The number of amides is 1. The van der Waals surface area contributed by atoms with E-state index >= 15 is 0 Å². The highest BCUT2D eigenvalue weighted by Gasteiger charge is 2.05. The number of hydrogen-bond donors (Lipinski definition) is 2. The van der Waals surface area contributed by atoms with Crippen molar-refractivity contribution in [2.24, 2.45) is 0 Å². The van der Waals surface area contributed by atoms with E-state index in [9.17, 15) is 4.79 Å². The summed E-state index contributed by atoms with van der Waals surface area (Å²) in [5.41, 5.74) is 5.58. The van der Waals surface area contributed by atoms with Crippen molar-refractivity contribution < 1.29 is 4.79 Å². The Bertz CT molecular complexity index is 650. The summed E-state index contributed by atoms with van der Waals surface area (Å²) in [5, 5.41) is 6.32. The van der Waals surface area contributed by atoms with Crippen LogP contribution in [-0.2, 0) is 11.2 Å². The van der Waals surface area contributed by atoms with Gasteiger partial charge >= 0.3 is 0 Å². The monoisotopic (exact) mass is 296 g/mol. The third-order valence-corrected chi connectivity index (χ3v) is 3.72. The summed E-state index contributed by atoms with van der Waals surface area (Å²) in [5.74, 6) is 0.0356. The Hall–Kier alpha value is -2.29. The zero-order valence-electron chi connectivity index (χ0n) is 13.6. The van der Waals surface area contributed by atoms with Gasteiger partial charge < -0.3 is 10.6 Å². The number of para-hydroxylation sites is 1. The van der Waals surface area contributed by atoms with Gasteiger partial charge in [0.15, 0.2) is 0 Å². The van der Waals surface area contributed by atoms with Gasteiger partial charge in [0.1, 0.15) is 0 Å². The first kappa shape index (κ1) is 16.1. The SMILES string of the molecule is CCc1ccccc1NCCC(=O)Nc1ccc(C)cc1C. The summed E-state index contributed by atoms with van der Waals surface area (Å²) in [6.45, 7) is 6.83. The molecular weight excluding hydrogens is 272 g/mol. The minimum absolute atomic E-state index is 0.0356. The van der Waals surface area contributed by atoms with Crippen molar-refractivity contribution in [2.75, 3.05) is 17.2 Å². The molecule has 22 heavy (non-hydrogen) atoms. The summed E-state index contributed by atoms with van der Waals surface area (Å²) >= 11 is 0. The minimum atomic E-state index is 0.0356. The lowest BCUT2D eigenvalue weighted by Crippen LogP contribution is -2.17. The van der Waals surface area contributed by atoms with E-state index in [1.807, 2.05) is 38.1 Å². The Kier molecular flexibility index (Phi) is 5.59. The van der Waals surface area contributed by atoms with E-state index < -0.39 is 0 Å². The minimum Gasteiger partial charge on any atom is -0.384 e. The van der Waals surface area contributed by atoms with Crippen LogP contribution in [0.5, 0.6) is 0 Å². The second kappa shape index (κ2) is 7.64. The molecule has 0 aliphatic carbocycles. The number of hydrogen-bond acceptors (Lipinski definition) is 2. The van der Waals surface area contributed by atoms with Crippen molar-refractivity contribution >= 4 is 17.3 Å². The summed E-state index contributed by atoms with van der Waals surface area (Å²) < 4.78 is 0. The van der Waals surface area contributed by atoms with Gasteiger partial charge in [-0.1, -0.05) is 42.8 Å². The van der Waals surface area contributed by atoms with Gasteiger partial charge in [0.2, 0.25) is 5.91 Å². The predicted molar refractivity (Wildman–Crippen MR) is 93.5 cm³/mol. The van der Waals surface area contributed by atoms with E-state index in [-0.39, 0.29) is 5.91 Å². The van der Waals surface area contributed by atoms with E-state index in [2.05, 4.69) is 35.8 Å². The fourth-order valence-corrected chi connectivity index (χ4v) is 2.48. The Morgan fingerprint density at radius 3 is 2.55 bits per heavy atom. The van der Waals surface area contributed by atoms with Crippen LogP contribution in [-0.4, -0.2) is 12.5 Å². The molecule has 0 aliphatic rings. The zero-order chi connectivity index (χ0) is 15.9.